The molecule has 1 aromatic heterocycles. The molecule has 0 aliphatic heterocycles. The maximum absolute atomic E-state index is 11.8. The molecule has 1 amide bonds. The number of benzene rings is 1. The molecule has 0 atom stereocenters. The van der Waals surface area contributed by atoms with Gasteiger partial charge in [-0.15, -0.1) is 0 Å². The third-order valence-corrected chi connectivity index (χ3v) is 2.67. The highest BCUT2D eigenvalue weighted by molar-refractivity contribution is 5.99. The molecule has 19 heavy (non-hydrogen) atoms. The number of phenols is 2. The molecule has 0 spiro atoms. The molecule has 0 saturated carbocycles. The summed E-state index contributed by atoms with van der Waals surface area (Å²) < 4.78 is 0. The van der Waals surface area contributed by atoms with Crippen molar-refractivity contribution < 1.29 is 15.0 Å². The van der Waals surface area contributed by atoms with Crippen molar-refractivity contribution in [3.63, 3.8) is 0 Å². The van der Waals surface area contributed by atoms with Crippen LogP contribution in [0.3, 0.4) is 0 Å². The first-order valence-electron chi connectivity index (χ1n) is 5.86. The SMILES string of the molecule is O=C(NCCc1cccnc1)c1c(O)cccc1O. The van der Waals surface area contributed by atoms with E-state index >= 15 is 0 Å². The molecule has 1 heterocycles. The Labute approximate surface area is 110 Å². The lowest BCUT2D eigenvalue weighted by molar-refractivity contribution is 0.0948. The number of aromatic hydroxyl groups is 2. The molecule has 0 fully saturated rings. The molecule has 5 heteroatoms. The van der Waals surface area contributed by atoms with Crippen molar-refractivity contribution >= 4 is 5.91 Å². The summed E-state index contributed by atoms with van der Waals surface area (Å²) in [7, 11) is 0. The normalized spacial score (nSPS) is 10.1. The zero-order valence-corrected chi connectivity index (χ0v) is 10.2. The number of carbonyl (C=O) groups excluding carboxylic acids is 1. The fourth-order valence-electron chi connectivity index (χ4n) is 1.72. The second-order valence-corrected chi connectivity index (χ2v) is 4.04. The van der Waals surface area contributed by atoms with Gasteiger partial charge in [0.1, 0.15) is 17.1 Å². The van der Waals surface area contributed by atoms with Crippen molar-refractivity contribution in [2.24, 2.45) is 0 Å². The van der Waals surface area contributed by atoms with E-state index < -0.39 is 5.91 Å². The first-order chi connectivity index (χ1) is 9.18. The summed E-state index contributed by atoms with van der Waals surface area (Å²) in [6, 6.07) is 7.92. The fourth-order valence-corrected chi connectivity index (χ4v) is 1.72. The van der Waals surface area contributed by atoms with Gasteiger partial charge in [0, 0.05) is 18.9 Å². The van der Waals surface area contributed by atoms with Gasteiger partial charge in [-0.05, 0) is 30.2 Å². The third kappa shape index (κ3) is 3.22. The minimum absolute atomic E-state index is 0.103. The van der Waals surface area contributed by atoms with Crippen LogP contribution in [-0.4, -0.2) is 27.6 Å². The van der Waals surface area contributed by atoms with Gasteiger partial charge in [0.25, 0.3) is 5.91 Å². The summed E-state index contributed by atoms with van der Waals surface area (Å²) in [4.78, 5) is 15.8. The van der Waals surface area contributed by atoms with Crippen LogP contribution in [0.4, 0.5) is 0 Å². The number of aromatic nitrogens is 1. The van der Waals surface area contributed by atoms with Crippen molar-refractivity contribution in [3.8, 4) is 11.5 Å². The maximum Gasteiger partial charge on any atom is 0.258 e. The number of phenolic OH excluding ortho intramolecular Hbond substituents is 2. The summed E-state index contributed by atoms with van der Waals surface area (Å²) in [6.07, 6.45) is 4.04. The Morgan fingerprint density at radius 1 is 1.16 bits per heavy atom. The van der Waals surface area contributed by atoms with Crippen molar-refractivity contribution in [1.29, 1.82) is 0 Å². The molecule has 1 aromatic carbocycles. The van der Waals surface area contributed by atoms with Gasteiger partial charge in [-0.25, -0.2) is 0 Å². The zero-order valence-electron chi connectivity index (χ0n) is 10.2. The second kappa shape index (κ2) is 5.86. The molecular formula is C14H14N2O3. The average Bonchev–Trinajstić information content (AvgIpc) is 2.40. The second-order valence-electron chi connectivity index (χ2n) is 4.04. The van der Waals surface area contributed by atoms with Gasteiger partial charge in [0.15, 0.2) is 0 Å². The lowest BCUT2D eigenvalue weighted by Crippen LogP contribution is -2.25. The Hall–Kier alpha value is -2.56. The van der Waals surface area contributed by atoms with Gasteiger partial charge in [-0.1, -0.05) is 12.1 Å². The first kappa shape index (κ1) is 12.9. The molecule has 0 unspecified atom stereocenters. The summed E-state index contributed by atoms with van der Waals surface area (Å²) in [5.74, 6) is -0.975. The quantitative estimate of drug-likeness (QED) is 0.775. The number of nitrogens with zero attached hydrogens (tertiary/aromatic N) is 1. The van der Waals surface area contributed by atoms with E-state index in [1.807, 2.05) is 12.1 Å². The van der Waals surface area contributed by atoms with E-state index in [-0.39, 0.29) is 17.1 Å². The Morgan fingerprint density at radius 2 is 1.89 bits per heavy atom. The number of rotatable bonds is 4. The summed E-state index contributed by atoms with van der Waals surface area (Å²) in [5, 5.41) is 21.7. The molecular weight excluding hydrogens is 244 g/mol. The summed E-state index contributed by atoms with van der Waals surface area (Å²) in [5.41, 5.74) is 0.901. The van der Waals surface area contributed by atoms with E-state index in [4.69, 9.17) is 0 Å². The van der Waals surface area contributed by atoms with Crippen LogP contribution >= 0.6 is 0 Å². The van der Waals surface area contributed by atoms with Crippen LogP contribution in [0, 0.1) is 0 Å². The van der Waals surface area contributed by atoms with Crippen molar-refractivity contribution in [2.45, 2.75) is 6.42 Å². The topological polar surface area (TPSA) is 82.5 Å². The predicted octanol–water partition coefficient (Wildman–Crippen LogP) is 1.47. The third-order valence-electron chi connectivity index (χ3n) is 2.67. The number of nitrogens with one attached hydrogen (secondary N) is 1. The maximum atomic E-state index is 11.8. The van der Waals surface area contributed by atoms with Crippen LogP contribution in [0.15, 0.2) is 42.7 Å². The molecule has 2 rings (SSSR count). The molecule has 98 valence electrons. The molecule has 2 aromatic rings. The smallest absolute Gasteiger partial charge is 0.258 e. The number of amides is 1. The number of hydrogen-bond acceptors (Lipinski definition) is 4. The van der Waals surface area contributed by atoms with Crippen LogP contribution in [-0.2, 0) is 6.42 Å². The average molecular weight is 258 g/mol. The van der Waals surface area contributed by atoms with E-state index in [2.05, 4.69) is 10.3 Å². The summed E-state index contributed by atoms with van der Waals surface area (Å²) in [6.45, 7) is 0.401. The summed E-state index contributed by atoms with van der Waals surface area (Å²) >= 11 is 0. The molecule has 0 radical (unpaired) electrons. The number of pyridine rings is 1. The van der Waals surface area contributed by atoms with Gasteiger partial charge in [-0.3, -0.25) is 9.78 Å². The van der Waals surface area contributed by atoms with Crippen molar-refractivity contribution in [1.82, 2.24) is 10.3 Å². The largest absolute Gasteiger partial charge is 0.507 e. The van der Waals surface area contributed by atoms with E-state index in [0.717, 1.165) is 5.56 Å². The highest BCUT2D eigenvalue weighted by Crippen LogP contribution is 2.25. The molecule has 3 N–H and O–H groups in total. The van der Waals surface area contributed by atoms with Gasteiger partial charge in [0.05, 0.1) is 0 Å². The van der Waals surface area contributed by atoms with Crippen molar-refractivity contribution in [2.75, 3.05) is 6.54 Å². The van der Waals surface area contributed by atoms with Gasteiger partial charge in [-0.2, -0.15) is 0 Å². The van der Waals surface area contributed by atoms with E-state index in [1.165, 1.54) is 18.2 Å². The highest BCUT2D eigenvalue weighted by atomic mass is 16.3. The van der Waals surface area contributed by atoms with Crippen molar-refractivity contribution in [3.05, 3.63) is 53.9 Å². The zero-order chi connectivity index (χ0) is 13.7. The van der Waals surface area contributed by atoms with Gasteiger partial charge < -0.3 is 15.5 Å². The number of hydrogen-bond donors (Lipinski definition) is 3. The molecule has 5 nitrogen and oxygen atoms in total. The first-order valence-corrected chi connectivity index (χ1v) is 5.86. The highest BCUT2D eigenvalue weighted by Gasteiger charge is 2.15. The Kier molecular flexibility index (Phi) is 3.97. The van der Waals surface area contributed by atoms with Gasteiger partial charge in [0.2, 0.25) is 0 Å². The molecule has 0 bridgehead atoms. The van der Waals surface area contributed by atoms with E-state index in [1.54, 1.807) is 12.4 Å². The van der Waals surface area contributed by atoms with Crippen LogP contribution in [0.2, 0.25) is 0 Å². The fraction of sp³-hybridized carbons (Fsp3) is 0.143. The van der Waals surface area contributed by atoms with E-state index in [0.29, 0.717) is 13.0 Å². The molecule has 0 saturated heterocycles. The van der Waals surface area contributed by atoms with Crippen LogP contribution in [0.5, 0.6) is 11.5 Å². The lowest BCUT2D eigenvalue weighted by Gasteiger charge is -2.08. The predicted molar refractivity (Wildman–Crippen MR) is 70.0 cm³/mol. The lowest BCUT2D eigenvalue weighted by atomic mass is 10.1. The number of carbonyl (C=O) groups is 1. The van der Waals surface area contributed by atoms with Gasteiger partial charge >= 0.3 is 0 Å². The Morgan fingerprint density at radius 3 is 2.53 bits per heavy atom. The minimum atomic E-state index is -0.500. The standard InChI is InChI=1S/C14H14N2O3/c17-11-4-1-5-12(18)13(11)14(19)16-8-6-10-3-2-7-15-9-10/h1-5,7,9,17-18H,6,8H2,(H,16,19). The van der Waals surface area contributed by atoms with Crippen LogP contribution in [0.1, 0.15) is 15.9 Å². The van der Waals surface area contributed by atoms with Crippen LogP contribution < -0.4 is 5.32 Å². The Bertz CT molecular complexity index is 550. The van der Waals surface area contributed by atoms with Crippen LogP contribution in [0.25, 0.3) is 0 Å². The van der Waals surface area contributed by atoms with E-state index in [9.17, 15) is 15.0 Å². The minimum Gasteiger partial charge on any atom is -0.507 e. The monoisotopic (exact) mass is 258 g/mol. The molecule has 0 aliphatic carbocycles. The molecule has 0 aliphatic rings. The Balaban J connectivity index is 1.95.